The van der Waals surface area contributed by atoms with E-state index in [2.05, 4.69) is 11.9 Å². The van der Waals surface area contributed by atoms with Crippen LogP contribution in [0.15, 0.2) is 29.4 Å². The van der Waals surface area contributed by atoms with Gasteiger partial charge in [-0.1, -0.05) is 6.08 Å². The minimum atomic E-state index is -0.222. The summed E-state index contributed by atoms with van der Waals surface area (Å²) in [7, 11) is 0. The van der Waals surface area contributed by atoms with Gasteiger partial charge in [-0.3, -0.25) is 4.79 Å². The number of carbonyl (C=O) groups excluding carboxylic acids is 1. The lowest BCUT2D eigenvalue weighted by Crippen LogP contribution is -2.23. The van der Waals surface area contributed by atoms with Crippen molar-refractivity contribution >= 4 is 17.5 Å². The van der Waals surface area contributed by atoms with E-state index in [0.717, 1.165) is 6.42 Å². The lowest BCUT2D eigenvalue weighted by Gasteiger charge is -2.00. The molecule has 0 bridgehead atoms. The number of furan rings is 1. The molecule has 3 nitrogen and oxygen atoms in total. The molecule has 0 aliphatic heterocycles. The molecule has 1 rings (SSSR count). The summed E-state index contributed by atoms with van der Waals surface area (Å²) in [5.41, 5.74) is 0.366. The van der Waals surface area contributed by atoms with Gasteiger partial charge in [0.05, 0.1) is 11.8 Å². The Labute approximate surface area is 81.4 Å². The Morgan fingerprint density at radius 3 is 3.08 bits per heavy atom. The maximum atomic E-state index is 11.3. The summed E-state index contributed by atoms with van der Waals surface area (Å²) in [4.78, 5) is 11.3. The summed E-state index contributed by atoms with van der Waals surface area (Å²) < 4.78 is 4.78. The van der Waals surface area contributed by atoms with Crippen molar-refractivity contribution in [1.29, 1.82) is 0 Å². The zero-order chi connectivity index (χ0) is 9.68. The average molecular weight is 200 g/mol. The first-order valence-electron chi connectivity index (χ1n) is 3.87. The van der Waals surface area contributed by atoms with Crippen LogP contribution in [0.25, 0.3) is 0 Å². The molecule has 1 aromatic heterocycles. The number of rotatable bonds is 4. The number of halogens is 1. The molecular formula is C9H10ClNO2. The summed E-state index contributed by atoms with van der Waals surface area (Å²) in [6, 6.07) is 1.53. The fourth-order valence-corrected chi connectivity index (χ4v) is 1.04. The molecular weight excluding hydrogens is 190 g/mol. The average Bonchev–Trinajstić information content (AvgIpc) is 2.52. The molecule has 1 heterocycles. The first kappa shape index (κ1) is 9.86. The third-order valence-electron chi connectivity index (χ3n) is 1.50. The lowest BCUT2D eigenvalue weighted by atomic mass is 10.3. The molecule has 0 aliphatic carbocycles. The summed E-state index contributed by atoms with van der Waals surface area (Å²) in [6.45, 7) is 4.10. The van der Waals surface area contributed by atoms with Gasteiger partial charge in [-0.15, -0.1) is 6.58 Å². The third kappa shape index (κ3) is 2.63. The van der Waals surface area contributed by atoms with Crippen LogP contribution < -0.4 is 5.32 Å². The van der Waals surface area contributed by atoms with E-state index in [4.69, 9.17) is 16.0 Å². The molecule has 0 spiro atoms. The van der Waals surface area contributed by atoms with Crippen molar-refractivity contribution in [3.05, 3.63) is 35.8 Å². The highest BCUT2D eigenvalue weighted by atomic mass is 35.5. The highest BCUT2D eigenvalue weighted by Crippen LogP contribution is 2.15. The standard InChI is InChI=1S/C9H10ClNO2/c1-2-3-5-11-9(12)7-4-6-13-8(7)10/h2,4,6H,1,3,5H2,(H,11,12). The maximum absolute atomic E-state index is 11.3. The second-order valence-corrected chi connectivity index (χ2v) is 2.78. The molecule has 1 N–H and O–H groups in total. The number of amides is 1. The molecule has 0 aliphatic rings. The molecule has 0 atom stereocenters. The van der Waals surface area contributed by atoms with Crippen LogP contribution in [0, 0.1) is 0 Å². The molecule has 0 fully saturated rings. The Morgan fingerprint density at radius 1 is 1.77 bits per heavy atom. The van der Waals surface area contributed by atoms with Crippen molar-refractivity contribution in [3.8, 4) is 0 Å². The van der Waals surface area contributed by atoms with Crippen molar-refractivity contribution in [2.75, 3.05) is 6.54 Å². The predicted molar refractivity (Wildman–Crippen MR) is 50.9 cm³/mol. The lowest BCUT2D eigenvalue weighted by molar-refractivity contribution is 0.0954. The van der Waals surface area contributed by atoms with Crippen molar-refractivity contribution in [1.82, 2.24) is 5.32 Å². The number of nitrogens with one attached hydrogen (secondary N) is 1. The molecule has 13 heavy (non-hydrogen) atoms. The molecule has 0 saturated carbocycles. The SMILES string of the molecule is C=CCCNC(=O)c1ccoc1Cl. The van der Waals surface area contributed by atoms with E-state index >= 15 is 0 Å². The minimum Gasteiger partial charge on any atom is -0.452 e. The van der Waals surface area contributed by atoms with Gasteiger partial charge in [-0.05, 0) is 24.1 Å². The van der Waals surface area contributed by atoms with Crippen LogP contribution in [0.2, 0.25) is 5.22 Å². The molecule has 0 unspecified atom stereocenters. The second kappa shape index (κ2) is 4.72. The van der Waals surface area contributed by atoms with Crippen LogP contribution in [-0.4, -0.2) is 12.5 Å². The van der Waals surface area contributed by atoms with E-state index in [1.54, 1.807) is 6.08 Å². The summed E-state index contributed by atoms with van der Waals surface area (Å²) >= 11 is 5.60. The zero-order valence-corrected chi connectivity index (χ0v) is 7.80. The van der Waals surface area contributed by atoms with Crippen molar-refractivity contribution in [2.24, 2.45) is 0 Å². The Hall–Kier alpha value is -1.22. The minimum absolute atomic E-state index is 0.121. The van der Waals surface area contributed by atoms with Crippen molar-refractivity contribution in [2.45, 2.75) is 6.42 Å². The van der Waals surface area contributed by atoms with Crippen LogP contribution in [0.3, 0.4) is 0 Å². The molecule has 4 heteroatoms. The Kier molecular flexibility index (Phi) is 3.58. The van der Waals surface area contributed by atoms with Gasteiger partial charge in [0.15, 0.2) is 0 Å². The van der Waals surface area contributed by atoms with E-state index in [1.165, 1.54) is 12.3 Å². The predicted octanol–water partition coefficient (Wildman–Crippen LogP) is 2.24. The second-order valence-electron chi connectivity index (χ2n) is 2.44. The Bertz CT molecular complexity index is 306. The zero-order valence-electron chi connectivity index (χ0n) is 7.05. The number of carbonyl (C=O) groups is 1. The van der Waals surface area contributed by atoms with E-state index in [-0.39, 0.29) is 11.1 Å². The van der Waals surface area contributed by atoms with E-state index in [9.17, 15) is 4.79 Å². The largest absolute Gasteiger partial charge is 0.452 e. The first-order chi connectivity index (χ1) is 6.25. The van der Waals surface area contributed by atoms with Gasteiger partial charge in [0.25, 0.3) is 5.91 Å². The molecule has 0 saturated heterocycles. The van der Waals surface area contributed by atoms with Crippen LogP contribution in [0.5, 0.6) is 0 Å². The van der Waals surface area contributed by atoms with Crippen LogP contribution in [-0.2, 0) is 0 Å². The van der Waals surface area contributed by atoms with E-state index in [1.807, 2.05) is 0 Å². The summed E-state index contributed by atoms with van der Waals surface area (Å²) in [5, 5.41) is 2.79. The van der Waals surface area contributed by atoms with E-state index in [0.29, 0.717) is 12.1 Å². The summed E-state index contributed by atoms with van der Waals surface area (Å²) in [6.07, 6.45) is 3.85. The summed E-state index contributed by atoms with van der Waals surface area (Å²) in [5.74, 6) is -0.222. The quantitative estimate of drug-likeness (QED) is 0.597. The van der Waals surface area contributed by atoms with Gasteiger partial charge in [0.2, 0.25) is 5.22 Å². The fraction of sp³-hybridized carbons (Fsp3) is 0.222. The van der Waals surface area contributed by atoms with Gasteiger partial charge in [-0.25, -0.2) is 0 Å². The normalized spacial score (nSPS) is 9.62. The maximum Gasteiger partial charge on any atom is 0.256 e. The third-order valence-corrected chi connectivity index (χ3v) is 1.79. The first-order valence-corrected chi connectivity index (χ1v) is 4.25. The Balaban J connectivity index is 2.49. The fourth-order valence-electron chi connectivity index (χ4n) is 0.839. The van der Waals surface area contributed by atoms with Crippen LogP contribution >= 0.6 is 11.6 Å². The monoisotopic (exact) mass is 199 g/mol. The van der Waals surface area contributed by atoms with Crippen molar-refractivity contribution < 1.29 is 9.21 Å². The number of hydrogen-bond acceptors (Lipinski definition) is 2. The van der Waals surface area contributed by atoms with Crippen LogP contribution in [0.1, 0.15) is 16.8 Å². The molecule has 1 aromatic rings. The van der Waals surface area contributed by atoms with Gasteiger partial charge < -0.3 is 9.73 Å². The van der Waals surface area contributed by atoms with Gasteiger partial charge >= 0.3 is 0 Å². The highest BCUT2D eigenvalue weighted by Gasteiger charge is 2.11. The molecule has 0 radical (unpaired) electrons. The molecule has 0 aromatic carbocycles. The Morgan fingerprint density at radius 2 is 2.54 bits per heavy atom. The smallest absolute Gasteiger partial charge is 0.256 e. The van der Waals surface area contributed by atoms with Crippen LogP contribution in [0.4, 0.5) is 0 Å². The molecule has 70 valence electrons. The van der Waals surface area contributed by atoms with E-state index < -0.39 is 0 Å². The highest BCUT2D eigenvalue weighted by molar-refractivity contribution is 6.32. The van der Waals surface area contributed by atoms with Gasteiger partial charge in [-0.2, -0.15) is 0 Å². The topological polar surface area (TPSA) is 42.2 Å². The molecule has 1 amide bonds. The van der Waals surface area contributed by atoms with Gasteiger partial charge in [0.1, 0.15) is 0 Å². The van der Waals surface area contributed by atoms with Crippen molar-refractivity contribution in [3.63, 3.8) is 0 Å². The van der Waals surface area contributed by atoms with Gasteiger partial charge in [0, 0.05) is 6.54 Å². The number of hydrogen-bond donors (Lipinski definition) is 1.